The molecule has 5 N–H and O–H groups in total. The third-order valence-electron chi connectivity index (χ3n) is 2.10. The number of carbonyl (C=O) groups is 3. The van der Waals surface area contributed by atoms with Gasteiger partial charge in [0.2, 0.25) is 0 Å². The number of amides is 3. The van der Waals surface area contributed by atoms with Crippen LogP contribution in [-0.2, 0) is 9.47 Å². The van der Waals surface area contributed by atoms with Gasteiger partial charge in [0.1, 0.15) is 6.10 Å². The number of rotatable bonds is 4. The summed E-state index contributed by atoms with van der Waals surface area (Å²) >= 11 is 5.81. The van der Waals surface area contributed by atoms with Gasteiger partial charge >= 0.3 is 18.3 Å². The second-order valence-corrected chi connectivity index (χ2v) is 4.01. The molecule has 0 bridgehead atoms. The number of nitrogens with one attached hydrogen (secondary N) is 1. The van der Waals surface area contributed by atoms with Crippen LogP contribution in [0.3, 0.4) is 0 Å². The molecule has 0 radical (unpaired) electrons. The van der Waals surface area contributed by atoms with Crippen molar-refractivity contribution in [2.45, 2.75) is 6.10 Å². The Kier molecular flexibility index (Phi) is 5.60. The van der Waals surface area contributed by atoms with Crippen LogP contribution in [0.4, 0.5) is 14.4 Å². The van der Waals surface area contributed by atoms with E-state index >= 15 is 0 Å². The molecule has 1 aromatic rings. The van der Waals surface area contributed by atoms with Crippen LogP contribution in [0, 0.1) is 0 Å². The molecule has 1 atom stereocenters. The maximum atomic E-state index is 11.1. The van der Waals surface area contributed by atoms with Crippen LogP contribution in [0.2, 0.25) is 5.02 Å². The van der Waals surface area contributed by atoms with E-state index in [0.29, 0.717) is 10.6 Å². The maximum Gasteiger partial charge on any atom is 0.416 e. The molecule has 20 heavy (non-hydrogen) atoms. The van der Waals surface area contributed by atoms with Gasteiger partial charge < -0.3 is 26.3 Å². The van der Waals surface area contributed by atoms with Crippen LogP contribution in [0.1, 0.15) is 11.7 Å². The van der Waals surface area contributed by atoms with Crippen LogP contribution >= 0.6 is 11.6 Å². The van der Waals surface area contributed by atoms with Crippen LogP contribution in [-0.4, -0.2) is 24.8 Å². The number of hydrogen-bond donors (Lipinski definition) is 3. The van der Waals surface area contributed by atoms with Gasteiger partial charge in [-0.1, -0.05) is 23.7 Å². The Hall–Kier alpha value is -2.48. The van der Waals surface area contributed by atoms with Gasteiger partial charge in [0, 0.05) is 5.02 Å². The second-order valence-electron chi connectivity index (χ2n) is 3.57. The summed E-state index contributed by atoms with van der Waals surface area (Å²) in [6, 6.07) is 6.43. The zero-order valence-electron chi connectivity index (χ0n) is 10.2. The summed E-state index contributed by atoms with van der Waals surface area (Å²) < 4.78 is 8.90. The maximum absolute atomic E-state index is 11.1. The number of benzene rings is 1. The zero-order chi connectivity index (χ0) is 15.1. The van der Waals surface area contributed by atoms with Gasteiger partial charge in [-0.05, 0) is 17.7 Å². The highest BCUT2D eigenvalue weighted by atomic mass is 35.5. The molecule has 1 unspecified atom stereocenters. The summed E-state index contributed by atoms with van der Waals surface area (Å²) in [5, 5.41) is 2.62. The summed E-state index contributed by atoms with van der Waals surface area (Å²) in [6.07, 6.45) is -4.23. The van der Waals surface area contributed by atoms with Crippen molar-refractivity contribution in [2.75, 3.05) is 6.54 Å². The fraction of sp³-hybridized carbons (Fsp3) is 0.182. The largest absolute Gasteiger partial charge is 0.440 e. The lowest BCUT2D eigenvalue weighted by molar-refractivity contribution is 0.102. The van der Waals surface area contributed by atoms with Gasteiger partial charge in [0.15, 0.2) is 0 Å². The number of ether oxygens (including phenoxy) is 2. The van der Waals surface area contributed by atoms with E-state index in [1.54, 1.807) is 18.2 Å². The van der Waals surface area contributed by atoms with Crippen LogP contribution in [0.15, 0.2) is 24.3 Å². The van der Waals surface area contributed by atoms with Gasteiger partial charge in [0.05, 0.1) is 6.54 Å². The third-order valence-corrected chi connectivity index (χ3v) is 2.34. The first-order valence-corrected chi connectivity index (χ1v) is 5.73. The van der Waals surface area contributed by atoms with Gasteiger partial charge in [-0.25, -0.2) is 14.4 Å². The van der Waals surface area contributed by atoms with Crippen molar-refractivity contribution in [1.29, 1.82) is 0 Å². The summed E-state index contributed by atoms with van der Waals surface area (Å²) in [5.74, 6) is 0. The van der Waals surface area contributed by atoms with Crippen LogP contribution in [0.25, 0.3) is 0 Å². The highest BCUT2D eigenvalue weighted by molar-refractivity contribution is 6.30. The minimum absolute atomic E-state index is 0.171. The lowest BCUT2D eigenvalue weighted by Gasteiger charge is -2.17. The molecule has 3 amide bonds. The van der Waals surface area contributed by atoms with E-state index in [-0.39, 0.29) is 6.54 Å². The molecule has 0 saturated carbocycles. The Bertz CT molecular complexity index is 523. The van der Waals surface area contributed by atoms with E-state index in [2.05, 4.69) is 15.8 Å². The molecular weight excluding hydrogens is 290 g/mol. The average Bonchev–Trinajstić information content (AvgIpc) is 2.33. The normalized spacial score (nSPS) is 11.2. The fourth-order valence-corrected chi connectivity index (χ4v) is 1.58. The molecule has 0 heterocycles. The van der Waals surface area contributed by atoms with E-state index in [9.17, 15) is 14.4 Å². The number of carbonyl (C=O) groups excluding carboxylic acids is 3. The standard InChI is InChI=1S/C11H12ClN3O5/c12-7-3-1-2-6(4-7)8(19-9(13)16)5-15-11(18)20-10(14)17/h1-4,8H,5H2,(H2,13,16)(H2,14,17)(H,15,18). The summed E-state index contributed by atoms with van der Waals surface area (Å²) in [7, 11) is 0. The molecule has 1 rings (SSSR count). The van der Waals surface area contributed by atoms with Crippen molar-refractivity contribution in [3.05, 3.63) is 34.9 Å². The number of hydrogen-bond acceptors (Lipinski definition) is 5. The summed E-state index contributed by atoms with van der Waals surface area (Å²) in [5.41, 5.74) is 10.1. The summed E-state index contributed by atoms with van der Waals surface area (Å²) in [4.78, 5) is 32.3. The van der Waals surface area contributed by atoms with Gasteiger partial charge in [-0.2, -0.15) is 0 Å². The Balaban J connectivity index is 2.72. The molecule has 8 nitrogen and oxygen atoms in total. The molecule has 0 aromatic heterocycles. The minimum atomic E-state index is -1.25. The van der Waals surface area contributed by atoms with Gasteiger partial charge in [-0.3, -0.25) is 0 Å². The molecule has 0 saturated heterocycles. The van der Waals surface area contributed by atoms with Crippen molar-refractivity contribution in [2.24, 2.45) is 11.5 Å². The Morgan fingerprint density at radius 1 is 1.25 bits per heavy atom. The number of halogens is 1. The van der Waals surface area contributed by atoms with Crippen molar-refractivity contribution >= 4 is 29.9 Å². The molecule has 0 spiro atoms. The molecule has 0 fully saturated rings. The zero-order valence-corrected chi connectivity index (χ0v) is 10.9. The first-order chi connectivity index (χ1) is 9.38. The Labute approximate surface area is 119 Å². The lowest BCUT2D eigenvalue weighted by atomic mass is 10.1. The predicted octanol–water partition coefficient (Wildman–Crippen LogP) is 1.28. The molecule has 108 valence electrons. The average molecular weight is 302 g/mol. The van der Waals surface area contributed by atoms with Crippen molar-refractivity contribution in [1.82, 2.24) is 5.32 Å². The van der Waals surface area contributed by atoms with Crippen molar-refractivity contribution < 1.29 is 23.9 Å². The summed E-state index contributed by atoms with van der Waals surface area (Å²) in [6.45, 7) is -0.171. The second kappa shape index (κ2) is 7.19. The van der Waals surface area contributed by atoms with E-state index in [1.807, 2.05) is 0 Å². The Morgan fingerprint density at radius 2 is 1.95 bits per heavy atom. The first-order valence-electron chi connectivity index (χ1n) is 5.35. The molecular formula is C11H12ClN3O5. The number of alkyl carbamates (subject to hydrolysis) is 1. The molecule has 0 aliphatic heterocycles. The van der Waals surface area contributed by atoms with E-state index in [4.69, 9.17) is 22.1 Å². The minimum Gasteiger partial charge on any atom is -0.440 e. The molecule has 0 aliphatic carbocycles. The smallest absolute Gasteiger partial charge is 0.416 e. The van der Waals surface area contributed by atoms with E-state index in [1.165, 1.54) is 6.07 Å². The monoisotopic (exact) mass is 301 g/mol. The van der Waals surface area contributed by atoms with Gasteiger partial charge in [0.25, 0.3) is 0 Å². The topological polar surface area (TPSA) is 134 Å². The van der Waals surface area contributed by atoms with E-state index in [0.717, 1.165) is 0 Å². The molecule has 9 heteroatoms. The van der Waals surface area contributed by atoms with Crippen LogP contribution < -0.4 is 16.8 Å². The molecule has 0 aliphatic rings. The number of primary amides is 2. The molecule has 1 aromatic carbocycles. The van der Waals surface area contributed by atoms with Crippen LogP contribution in [0.5, 0.6) is 0 Å². The number of nitrogens with two attached hydrogens (primary N) is 2. The predicted molar refractivity (Wildman–Crippen MR) is 68.9 cm³/mol. The highest BCUT2D eigenvalue weighted by Crippen LogP contribution is 2.20. The fourth-order valence-electron chi connectivity index (χ4n) is 1.38. The van der Waals surface area contributed by atoms with Gasteiger partial charge in [-0.15, -0.1) is 0 Å². The third kappa shape index (κ3) is 5.44. The van der Waals surface area contributed by atoms with E-state index < -0.39 is 24.4 Å². The van der Waals surface area contributed by atoms with Crippen molar-refractivity contribution in [3.63, 3.8) is 0 Å². The SMILES string of the molecule is NC(=O)OC(=O)NCC(OC(N)=O)c1cccc(Cl)c1. The first kappa shape index (κ1) is 15.6. The van der Waals surface area contributed by atoms with Crippen molar-refractivity contribution in [3.8, 4) is 0 Å². The lowest BCUT2D eigenvalue weighted by Crippen LogP contribution is -2.34. The highest BCUT2D eigenvalue weighted by Gasteiger charge is 2.17. The Morgan fingerprint density at radius 3 is 2.50 bits per heavy atom. The quantitative estimate of drug-likeness (QED) is 0.720.